The van der Waals surface area contributed by atoms with Gasteiger partial charge in [-0.1, -0.05) is 0 Å². The summed E-state index contributed by atoms with van der Waals surface area (Å²) < 4.78 is 0. The SMILES string of the molecule is O=CC=C(S)CCS. The molecule has 0 spiro atoms. The standard InChI is InChI=1S/C5H8OS2/c6-3-1-5(8)2-4-7/h1,3,7-8H,2,4H2. The summed E-state index contributed by atoms with van der Waals surface area (Å²) in [4.78, 5) is 10.5. The van der Waals surface area contributed by atoms with Gasteiger partial charge in [-0.2, -0.15) is 12.6 Å². The van der Waals surface area contributed by atoms with Gasteiger partial charge in [-0.05, 0) is 23.2 Å². The lowest BCUT2D eigenvalue weighted by atomic mass is 10.4. The van der Waals surface area contributed by atoms with Crippen LogP contribution in [-0.2, 0) is 4.79 Å². The van der Waals surface area contributed by atoms with Crippen LogP contribution in [0.25, 0.3) is 0 Å². The first-order valence-electron chi connectivity index (χ1n) is 2.25. The van der Waals surface area contributed by atoms with E-state index >= 15 is 0 Å². The zero-order chi connectivity index (χ0) is 6.41. The molecule has 0 amide bonds. The van der Waals surface area contributed by atoms with Crippen molar-refractivity contribution in [1.29, 1.82) is 0 Å². The topological polar surface area (TPSA) is 17.1 Å². The van der Waals surface area contributed by atoms with Gasteiger partial charge in [-0.25, -0.2) is 0 Å². The fraction of sp³-hybridized carbons (Fsp3) is 0.400. The van der Waals surface area contributed by atoms with Crippen molar-refractivity contribution in [3.63, 3.8) is 0 Å². The molecule has 0 aliphatic heterocycles. The van der Waals surface area contributed by atoms with E-state index in [0.717, 1.165) is 23.4 Å². The van der Waals surface area contributed by atoms with Gasteiger partial charge in [-0.15, -0.1) is 12.6 Å². The molecule has 0 aromatic rings. The van der Waals surface area contributed by atoms with Gasteiger partial charge in [0.15, 0.2) is 0 Å². The van der Waals surface area contributed by atoms with Gasteiger partial charge in [0.1, 0.15) is 6.29 Å². The van der Waals surface area contributed by atoms with Crippen LogP contribution in [0.2, 0.25) is 0 Å². The lowest BCUT2D eigenvalue weighted by Crippen LogP contribution is -1.74. The van der Waals surface area contributed by atoms with Crippen LogP contribution in [0.15, 0.2) is 11.0 Å². The van der Waals surface area contributed by atoms with Crippen molar-refractivity contribution in [2.45, 2.75) is 6.42 Å². The molecule has 0 radical (unpaired) electrons. The first-order valence-corrected chi connectivity index (χ1v) is 3.33. The molecular weight excluding hydrogens is 140 g/mol. The van der Waals surface area contributed by atoms with Crippen LogP contribution in [0.3, 0.4) is 0 Å². The third kappa shape index (κ3) is 4.27. The molecule has 1 nitrogen and oxygen atoms in total. The summed E-state index contributed by atoms with van der Waals surface area (Å²) in [7, 11) is 0. The molecule has 0 saturated heterocycles. The third-order valence-electron chi connectivity index (χ3n) is 0.628. The van der Waals surface area contributed by atoms with Crippen molar-refractivity contribution in [2.24, 2.45) is 0 Å². The van der Waals surface area contributed by atoms with Gasteiger partial charge in [0, 0.05) is 0 Å². The Morgan fingerprint density at radius 2 is 2.25 bits per heavy atom. The maximum absolute atomic E-state index is 9.74. The second-order valence-electron chi connectivity index (χ2n) is 1.27. The van der Waals surface area contributed by atoms with Crippen molar-refractivity contribution in [3.8, 4) is 0 Å². The van der Waals surface area contributed by atoms with Crippen molar-refractivity contribution in [1.82, 2.24) is 0 Å². The van der Waals surface area contributed by atoms with Crippen molar-refractivity contribution >= 4 is 31.5 Å². The van der Waals surface area contributed by atoms with E-state index < -0.39 is 0 Å². The third-order valence-corrected chi connectivity index (χ3v) is 1.22. The lowest BCUT2D eigenvalue weighted by Gasteiger charge is -1.88. The van der Waals surface area contributed by atoms with E-state index in [0.29, 0.717) is 0 Å². The fourth-order valence-corrected chi connectivity index (χ4v) is 0.866. The van der Waals surface area contributed by atoms with Crippen LogP contribution in [0, 0.1) is 0 Å². The predicted molar refractivity (Wildman–Crippen MR) is 41.6 cm³/mol. The Bertz CT molecular complexity index is 98.6. The van der Waals surface area contributed by atoms with Crippen LogP contribution < -0.4 is 0 Å². The number of carbonyl (C=O) groups excluding carboxylic acids is 1. The summed E-state index contributed by atoms with van der Waals surface area (Å²) in [6.45, 7) is 0. The maximum Gasteiger partial charge on any atom is 0.143 e. The second kappa shape index (κ2) is 5.25. The fourth-order valence-electron chi connectivity index (χ4n) is 0.276. The Labute approximate surface area is 60.0 Å². The van der Waals surface area contributed by atoms with Crippen molar-refractivity contribution < 1.29 is 4.79 Å². The van der Waals surface area contributed by atoms with Crippen LogP contribution in [-0.4, -0.2) is 12.0 Å². The minimum absolute atomic E-state index is 0.728. The number of carbonyl (C=O) groups is 1. The molecule has 0 fully saturated rings. The first kappa shape index (κ1) is 8.11. The summed E-state index contributed by atoms with van der Waals surface area (Å²) >= 11 is 7.92. The van der Waals surface area contributed by atoms with Gasteiger partial charge < -0.3 is 0 Å². The predicted octanol–water partition coefficient (Wildman–Crippen LogP) is 1.32. The summed E-state index contributed by atoms with van der Waals surface area (Å²) in [6.07, 6.45) is 2.93. The van der Waals surface area contributed by atoms with Gasteiger partial charge >= 0.3 is 0 Å². The van der Waals surface area contributed by atoms with E-state index in [1.54, 1.807) is 0 Å². The Morgan fingerprint density at radius 1 is 1.62 bits per heavy atom. The molecule has 0 unspecified atom stereocenters. The zero-order valence-corrected chi connectivity index (χ0v) is 6.16. The smallest absolute Gasteiger partial charge is 0.143 e. The Morgan fingerprint density at radius 3 is 2.62 bits per heavy atom. The number of hydrogen-bond acceptors (Lipinski definition) is 3. The summed E-state index contributed by atoms with van der Waals surface area (Å²) in [5.41, 5.74) is 0. The van der Waals surface area contributed by atoms with Crippen LogP contribution in [0.4, 0.5) is 0 Å². The molecule has 0 rings (SSSR count). The Kier molecular flexibility index (Phi) is 5.32. The molecule has 0 aliphatic rings. The molecular formula is C5H8OS2. The highest BCUT2D eigenvalue weighted by Crippen LogP contribution is 2.04. The van der Waals surface area contributed by atoms with Crippen LogP contribution >= 0.6 is 25.3 Å². The zero-order valence-electron chi connectivity index (χ0n) is 4.37. The molecule has 0 atom stereocenters. The molecule has 0 saturated carbocycles. The highest BCUT2D eigenvalue weighted by Gasteiger charge is 1.84. The van der Waals surface area contributed by atoms with Crippen molar-refractivity contribution in [2.75, 3.05) is 5.75 Å². The highest BCUT2D eigenvalue weighted by atomic mass is 32.1. The molecule has 0 bridgehead atoms. The monoisotopic (exact) mass is 148 g/mol. The van der Waals surface area contributed by atoms with E-state index in [1.807, 2.05) is 0 Å². The first-order chi connectivity index (χ1) is 3.81. The minimum Gasteiger partial charge on any atom is -0.299 e. The highest BCUT2D eigenvalue weighted by molar-refractivity contribution is 7.84. The second-order valence-corrected chi connectivity index (χ2v) is 2.29. The number of aldehydes is 1. The van der Waals surface area contributed by atoms with Gasteiger partial charge in [0.25, 0.3) is 0 Å². The lowest BCUT2D eigenvalue weighted by molar-refractivity contribution is -0.104. The number of rotatable bonds is 3. The van der Waals surface area contributed by atoms with E-state index in [-0.39, 0.29) is 0 Å². The quantitative estimate of drug-likeness (QED) is 0.351. The Hall–Kier alpha value is 0.110. The summed E-state index contributed by atoms with van der Waals surface area (Å²) in [5, 5.41) is 0. The van der Waals surface area contributed by atoms with Crippen molar-refractivity contribution in [3.05, 3.63) is 11.0 Å². The minimum atomic E-state index is 0.728. The molecule has 8 heavy (non-hydrogen) atoms. The summed E-state index contributed by atoms with van der Waals surface area (Å²) in [6, 6.07) is 0. The molecule has 46 valence electrons. The number of thiol groups is 2. The van der Waals surface area contributed by atoms with Gasteiger partial charge in [0.2, 0.25) is 0 Å². The average Bonchev–Trinajstić information content (AvgIpc) is 1.68. The molecule has 3 heteroatoms. The largest absolute Gasteiger partial charge is 0.299 e. The van der Waals surface area contributed by atoms with Gasteiger partial charge in [-0.3, -0.25) is 4.79 Å². The molecule has 0 aromatic carbocycles. The molecule has 0 aliphatic carbocycles. The normalized spacial score (nSPS) is 11.5. The van der Waals surface area contributed by atoms with Crippen LogP contribution in [0.5, 0.6) is 0 Å². The van der Waals surface area contributed by atoms with Crippen LogP contribution in [0.1, 0.15) is 6.42 Å². The van der Waals surface area contributed by atoms with Gasteiger partial charge in [0.05, 0.1) is 0 Å². The number of hydrogen-bond donors (Lipinski definition) is 2. The van der Waals surface area contributed by atoms with E-state index in [4.69, 9.17) is 0 Å². The van der Waals surface area contributed by atoms with E-state index in [1.165, 1.54) is 6.08 Å². The maximum atomic E-state index is 9.74. The molecule has 0 aromatic heterocycles. The molecule has 0 N–H and O–H groups in total. The Balaban J connectivity index is 3.44. The summed E-state index contributed by atoms with van der Waals surface area (Å²) in [5.74, 6) is 0.739. The molecule has 0 heterocycles. The van der Waals surface area contributed by atoms with E-state index in [9.17, 15) is 4.79 Å². The average molecular weight is 148 g/mol. The number of allylic oxidation sites excluding steroid dienone is 2. The van der Waals surface area contributed by atoms with E-state index in [2.05, 4.69) is 25.3 Å².